The van der Waals surface area contributed by atoms with Gasteiger partial charge in [0.25, 0.3) is 0 Å². The second-order valence-electron chi connectivity index (χ2n) is 15.2. The van der Waals surface area contributed by atoms with E-state index < -0.39 is 5.41 Å². The molecule has 1 spiro atoms. The highest BCUT2D eigenvalue weighted by Crippen LogP contribution is 2.62. The van der Waals surface area contributed by atoms with E-state index >= 15 is 0 Å². The zero-order chi connectivity index (χ0) is 36.5. The molecule has 0 aromatic heterocycles. The molecule has 11 rings (SSSR count). The maximum Gasteiger partial charge on any atom is 0.133 e. The molecular formula is C52H38N2O. The predicted octanol–water partition coefficient (Wildman–Crippen LogP) is 12.6. The van der Waals surface area contributed by atoms with Crippen LogP contribution in [0.15, 0.2) is 193 Å². The monoisotopic (exact) mass is 706 g/mol. The van der Waals surface area contributed by atoms with E-state index in [-0.39, 0.29) is 6.04 Å². The largest absolute Gasteiger partial charge is 0.457 e. The molecule has 0 fully saturated rings. The van der Waals surface area contributed by atoms with Crippen LogP contribution in [0.5, 0.6) is 11.5 Å². The van der Waals surface area contributed by atoms with Crippen LogP contribution in [0.25, 0.3) is 38.7 Å². The molecule has 3 heteroatoms. The molecule has 3 nitrogen and oxygen atoms in total. The third kappa shape index (κ3) is 4.93. The first-order valence-electron chi connectivity index (χ1n) is 19.3. The van der Waals surface area contributed by atoms with E-state index in [2.05, 4.69) is 194 Å². The fourth-order valence-electron chi connectivity index (χ4n) is 9.42. The molecule has 55 heavy (non-hydrogen) atoms. The Morgan fingerprint density at radius 1 is 0.600 bits per heavy atom. The number of hydrogen-bond donors (Lipinski definition) is 1. The molecule has 7 aromatic rings. The number of allylic oxidation sites excluding steroid dienone is 2. The van der Waals surface area contributed by atoms with Gasteiger partial charge >= 0.3 is 0 Å². The SMILES string of the molecule is CC1C=C(C2=NC(c3cccc4ccccc34)C=C(c3cccc(-c4ccc5c(c4)Oc4ccccc4C54c5ccccc5-c5ccccc54)c3)N2)C=CC1. The lowest BCUT2D eigenvalue weighted by Gasteiger charge is -2.39. The zero-order valence-corrected chi connectivity index (χ0v) is 30.5. The van der Waals surface area contributed by atoms with Gasteiger partial charge in [-0.15, -0.1) is 0 Å². The fraction of sp³-hybridized carbons (Fsp3) is 0.0962. The minimum Gasteiger partial charge on any atom is -0.457 e. The summed E-state index contributed by atoms with van der Waals surface area (Å²) in [7, 11) is 0. The Balaban J connectivity index is 1.03. The van der Waals surface area contributed by atoms with Gasteiger partial charge in [0.1, 0.15) is 17.3 Å². The van der Waals surface area contributed by atoms with Crippen LogP contribution in [0, 0.1) is 5.92 Å². The summed E-state index contributed by atoms with van der Waals surface area (Å²) in [6, 6.07) is 57.0. The second kappa shape index (κ2) is 12.4. The van der Waals surface area contributed by atoms with Crippen LogP contribution in [0.4, 0.5) is 0 Å². The molecule has 0 bridgehead atoms. The number of benzene rings is 7. The maximum absolute atomic E-state index is 6.84. The van der Waals surface area contributed by atoms with Crippen molar-refractivity contribution >= 4 is 22.3 Å². The highest BCUT2D eigenvalue weighted by molar-refractivity contribution is 6.07. The molecule has 0 saturated heterocycles. The van der Waals surface area contributed by atoms with Crippen molar-refractivity contribution in [2.45, 2.75) is 24.8 Å². The zero-order valence-electron chi connectivity index (χ0n) is 30.5. The van der Waals surface area contributed by atoms with E-state index in [0.29, 0.717) is 5.92 Å². The topological polar surface area (TPSA) is 33.6 Å². The van der Waals surface area contributed by atoms with E-state index in [4.69, 9.17) is 9.73 Å². The molecule has 1 N–H and O–H groups in total. The lowest BCUT2D eigenvalue weighted by molar-refractivity contribution is 0.436. The first-order chi connectivity index (χ1) is 27.1. The smallest absolute Gasteiger partial charge is 0.133 e. The number of nitrogens with zero attached hydrogens (tertiary/aromatic N) is 1. The summed E-state index contributed by atoms with van der Waals surface area (Å²) in [5.74, 6) is 3.16. The minimum atomic E-state index is -0.472. The molecule has 262 valence electrons. The Labute approximate surface area is 321 Å². The van der Waals surface area contributed by atoms with Gasteiger partial charge in [0.2, 0.25) is 0 Å². The number of hydrogen-bond acceptors (Lipinski definition) is 3. The average Bonchev–Trinajstić information content (AvgIpc) is 3.54. The Kier molecular flexibility index (Phi) is 7.18. The highest BCUT2D eigenvalue weighted by Gasteiger charge is 2.50. The van der Waals surface area contributed by atoms with Crippen molar-refractivity contribution in [1.29, 1.82) is 0 Å². The lowest BCUT2D eigenvalue weighted by atomic mass is 9.66. The molecule has 0 saturated carbocycles. The van der Waals surface area contributed by atoms with Gasteiger partial charge in [-0.25, -0.2) is 0 Å². The molecule has 0 amide bonds. The fourth-order valence-corrected chi connectivity index (χ4v) is 9.42. The van der Waals surface area contributed by atoms with Crippen molar-refractivity contribution in [3.05, 3.63) is 221 Å². The Bertz CT molecular complexity index is 2790. The van der Waals surface area contributed by atoms with Gasteiger partial charge in [-0.3, -0.25) is 4.99 Å². The van der Waals surface area contributed by atoms with Crippen molar-refractivity contribution in [2.24, 2.45) is 10.9 Å². The van der Waals surface area contributed by atoms with Crippen molar-refractivity contribution < 1.29 is 4.74 Å². The molecule has 7 aromatic carbocycles. The number of nitrogens with one attached hydrogen (secondary N) is 1. The van der Waals surface area contributed by atoms with Crippen molar-refractivity contribution in [3.63, 3.8) is 0 Å². The standard InChI is InChI=1S/C52H38N2O/c1-33-13-10-18-38(29-33)51-53-47(32-48(54-51)42-22-12-15-34-14-2-3-19-39(34)42)37-17-11-16-35(30-37)36-27-28-46-50(31-36)55-49-26-9-8-25-45(49)52(46)43-23-6-4-20-40(43)41-21-5-7-24-44(41)52/h2-12,14-33,48H,13H2,1H3,(H,53,54). The third-order valence-corrected chi connectivity index (χ3v) is 11.9. The van der Waals surface area contributed by atoms with Gasteiger partial charge in [0, 0.05) is 22.4 Å². The summed E-state index contributed by atoms with van der Waals surface area (Å²) in [6.07, 6.45) is 10.1. The molecule has 2 aliphatic carbocycles. The Morgan fingerprint density at radius 2 is 1.27 bits per heavy atom. The van der Waals surface area contributed by atoms with Crippen LogP contribution in [-0.4, -0.2) is 5.84 Å². The Morgan fingerprint density at radius 3 is 2.11 bits per heavy atom. The van der Waals surface area contributed by atoms with Crippen molar-refractivity contribution in [3.8, 4) is 33.8 Å². The molecule has 2 heterocycles. The third-order valence-electron chi connectivity index (χ3n) is 11.9. The van der Waals surface area contributed by atoms with E-state index in [1.807, 2.05) is 0 Å². The first kappa shape index (κ1) is 31.8. The Hall–Kier alpha value is -6.71. The van der Waals surface area contributed by atoms with Crippen LogP contribution in [0.3, 0.4) is 0 Å². The van der Waals surface area contributed by atoms with Crippen molar-refractivity contribution in [1.82, 2.24) is 5.32 Å². The van der Waals surface area contributed by atoms with E-state index in [1.165, 1.54) is 49.7 Å². The molecular weight excluding hydrogens is 669 g/mol. The minimum absolute atomic E-state index is 0.141. The van der Waals surface area contributed by atoms with Crippen molar-refractivity contribution in [2.75, 3.05) is 0 Å². The van der Waals surface area contributed by atoms with Gasteiger partial charge in [0.15, 0.2) is 0 Å². The molecule has 2 atom stereocenters. The number of para-hydroxylation sites is 1. The van der Waals surface area contributed by atoms with E-state index in [9.17, 15) is 0 Å². The normalized spacial score (nSPS) is 18.5. The second-order valence-corrected chi connectivity index (χ2v) is 15.2. The van der Waals surface area contributed by atoms with Crippen LogP contribution in [0.1, 0.15) is 52.8 Å². The molecule has 2 unspecified atom stereocenters. The lowest BCUT2D eigenvalue weighted by Crippen LogP contribution is -2.32. The summed E-state index contributed by atoms with van der Waals surface area (Å²) >= 11 is 0. The molecule has 0 radical (unpaired) electrons. The summed E-state index contributed by atoms with van der Waals surface area (Å²) < 4.78 is 6.84. The van der Waals surface area contributed by atoms with Gasteiger partial charge in [-0.05, 0) is 91.9 Å². The first-order valence-corrected chi connectivity index (χ1v) is 19.3. The van der Waals surface area contributed by atoms with Crippen LogP contribution in [0.2, 0.25) is 0 Å². The summed E-state index contributed by atoms with van der Waals surface area (Å²) in [4.78, 5) is 5.34. The number of amidine groups is 1. The number of fused-ring (bicyclic) bond motifs is 10. The van der Waals surface area contributed by atoms with Crippen LogP contribution < -0.4 is 10.1 Å². The number of aliphatic imine (C=N–C) groups is 1. The average molecular weight is 707 g/mol. The quantitative estimate of drug-likeness (QED) is 0.198. The maximum atomic E-state index is 6.84. The van der Waals surface area contributed by atoms with Gasteiger partial charge in [-0.2, -0.15) is 0 Å². The highest BCUT2D eigenvalue weighted by atomic mass is 16.5. The number of rotatable bonds is 4. The van der Waals surface area contributed by atoms with Gasteiger partial charge in [-0.1, -0.05) is 165 Å². The van der Waals surface area contributed by atoms with Gasteiger partial charge < -0.3 is 10.1 Å². The molecule has 2 aliphatic heterocycles. The van der Waals surface area contributed by atoms with Gasteiger partial charge in [0.05, 0.1) is 11.5 Å². The van der Waals surface area contributed by atoms with Crippen LogP contribution >= 0.6 is 0 Å². The van der Waals surface area contributed by atoms with Crippen LogP contribution in [-0.2, 0) is 5.41 Å². The number of ether oxygens (including phenoxy) is 1. The predicted molar refractivity (Wildman–Crippen MR) is 225 cm³/mol. The summed E-state index contributed by atoms with van der Waals surface area (Å²) in [6.45, 7) is 2.27. The summed E-state index contributed by atoms with van der Waals surface area (Å²) in [5.41, 5.74) is 13.8. The van der Waals surface area contributed by atoms with E-state index in [0.717, 1.165) is 51.7 Å². The summed E-state index contributed by atoms with van der Waals surface area (Å²) in [5, 5.41) is 6.22. The molecule has 4 aliphatic rings. The van der Waals surface area contributed by atoms with E-state index in [1.54, 1.807) is 0 Å².